The molecule has 2 fully saturated rings. The summed E-state index contributed by atoms with van der Waals surface area (Å²) in [6.07, 6.45) is 5.22. The highest BCUT2D eigenvalue weighted by molar-refractivity contribution is 6.05. The van der Waals surface area contributed by atoms with Crippen LogP contribution in [0.4, 0.5) is 5.95 Å². The Morgan fingerprint density at radius 2 is 1.92 bits per heavy atom. The van der Waals surface area contributed by atoms with Gasteiger partial charge in [-0.1, -0.05) is 19.4 Å². The largest absolute Gasteiger partial charge is 0.419 e. The molecular weight excluding hydrogens is 502 g/mol. The lowest BCUT2D eigenvalue weighted by Crippen LogP contribution is -2.44. The van der Waals surface area contributed by atoms with Crippen LogP contribution in [0.1, 0.15) is 61.8 Å². The summed E-state index contributed by atoms with van der Waals surface area (Å²) in [5.41, 5.74) is 6.73. The van der Waals surface area contributed by atoms with E-state index in [1.807, 2.05) is 4.57 Å². The van der Waals surface area contributed by atoms with Gasteiger partial charge in [-0.25, -0.2) is 9.59 Å². The number of nitrogens with two attached hydrogens (primary N) is 1. The van der Waals surface area contributed by atoms with Crippen LogP contribution in [0.2, 0.25) is 0 Å². The number of Topliss-reactive ketones (excluding diaryl/α,β-unsaturated/α-hetero) is 1. The molecule has 1 atom stereocenters. The molecule has 1 aromatic carbocycles. The number of aryl methyl sites for hydroxylation is 2. The number of unbranched alkanes of at least 4 members (excludes halogenated alkanes) is 1. The van der Waals surface area contributed by atoms with E-state index in [1.165, 1.54) is 11.6 Å². The Kier molecular flexibility index (Phi) is 6.29. The molecule has 2 aliphatic rings. The zero-order valence-corrected chi connectivity index (χ0v) is 22.3. The van der Waals surface area contributed by atoms with Crippen LogP contribution in [0, 0.1) is 0 Å². The van der Waals surface area contributed by atoms with E-state index in [2.05, 4.69) is 11.8 Å². The smallest absolute Gasteiger partial charge is 0.408 e. The Morgan fingerprint density at radius 3 is 2.64 bits per heavy atom. The first-order valence-corrected chi connectivity index (χ1v) is 13.7. The highest BCUT2D eigenvalue weighted by Gasteiger charge is 2.33. The Labute approximate surface area is 223 Å². The van der Waals surface area contributed by atoms with Crippen molar-refractivity contribution in [2.75, 3.05) is 18.0 Å². The highest BCUT2D eigenvalue weighted by atomic mass is 16.4. The van der Waals surface area contributed by atoms with Crippen molar-refractivity contribution in [3.8, 4) is 0 Å². The van der Waals surface area contributed by atoms with Crippen LogP contribution in [0.3, 0.4) is 0 Å². The molecule has 1 aliphatic carbocycles. The molecule has 4 heterocycles. The van der Waals surface area contributed by atoms with Crippen LogP contribution >= 0.6 is 0 Å². The van der Waals surface area contributed by atoms with E-state index in [1.54, 1.807) is 22.8 Å². The van der Waals surface area contributed by atoms with Gasteiger partial charge in [-0.2, -0.15) is 4.98 Å². The molecule has 1 unspecified atom stereocenters. The molecule has 1 aliphatic heterocycles. The van der Waals surface area contributed by atoms with Gasteiger partial charge in [0.1, 0.15) is 5.52 Å². The topological polar surface area (TPSA) is 143 Å². The predicted octanol–water partition coefficient (Wildman–Crippen LogP) is 1.75. The van der Waals surface area contributed by atoms with Gasteiger partial charge in [0.2, 0.25) is 5.95 Å². The quantitative estimate of drug-likeness (QED) is 0.336. The Bertz CT molecular complexity index is 1770. The second kappa shape index (κ2) is 9.67. The number of aromatic nitrogens is 5. The first kappa shape index (κ1) is 25.4. The van der Waals surface area contributed by atoms with Crippen molar-refractivity contribution in [3.05, 3.63) is 55.2 Å². The third kappa shape index (κ3) is 4.22. The van der Waals surface area contributed by atoms with Crippen LogP contribution < -0.4 is 27.6 Å². The summed E-state index contributed by atoms with van der Waals surface area (Å²) in [5, 5.41) is 0. The molecule has 4 aromatic rings. The van der Waals surface area contributed by atoms with Gasteiger partial charge in [0.05, 0.1) is 6.54 Å². The van der Waals surface area contributed by atoms with Gasteiger partial charge < -0.3 is 19.6 Å². The Balaban J connectivity index is 1.53. The zero-order chi connectivity index (χ0) is 27.4. The van der Waals surface area contributed by atoms with E-state index in [-0.39, 0.29) is 23.2 Å². The Morgan fingerprint density at radius 1 is 1.13 bits per heavy atom. The minimum absolute atomic E-state index is 0.0136. The molecule has 3 aromatic heterocycles. The number of hydrogen-bond donors (Lipinski definition) is 1. The minimum atomic E-state index is -0.593. The third-order valence-electron chi connectivity index (χ3n) is 7.84. The lowest BCUT2D eigenvalue weighted by Gasteiger charge is -2.31. The summed E-state index contributed by atoms with van der Waals surface area (Å²) in [6, 6.07) is 4.74. The molecule has 1 saturated heterocycles. The summed E-state index contributed by atoms with van der Waals surface area (Å²) >= 11 is 0. The number of hydrogen-bond acceptors (Lipinski definition) is 8. The highest BCUT2D eigenvalue weighted by Crippen LogP contribution is 2.36. The summed E-state index contributed by atoms with van der Waals surface area (Å²) in [7, 11) is 1.52. The molecule has 206 valence electrons. The fourth-order valence-electron chi connectivity index (χ4n) is 5.66. The third-order valence-corrected chi connectivity index (χ3v) is 7.84. The van der Waals surface area contributed by atoms with Gasteiger partial charge in [0, 0.05) is 44.3 Å². The van der Waals surface area contributed by atoms with Gasteiger partial charge in [0.25, 0.3) is 5.56 Å². The molecule has 0 amide bonds. The molecule has 12 nitrogen and oxygen atoms in total. The fourth-order valence-corrected chi connectivity index (χ4v) is 5.66. The number of piperidine rings is 1. The number of anilines is 1. The number of nitrogens with zero attached hydrogens (tertiary/aromatic N) is 6. The van der Waals surface area contributed by atoms with E-state index >= 15 is 0 Å². The van der Waals surface area contributed by atoms with Gasteiger partial charge in [-0.15, -0.1) is 0 Å². The average Bonchev–Trinajstić information content (AvgIpc) is 3.61. The first-order chi connectivity index (χ1) is 18.8. The molecule has 39 heavy (non-hydrogen) atoms. The monoisotopic (exact) mass is 535 g/mol. The van der Waals surface area contributed by atoms with Crippen LogP contribution in [0.25, 0.3) is 22.3 Å². The van der Waals surface area contributed by atoms with E-state index < -0.39 is 29.3 Å². The molecular formula is C27H33N7O5. The number of fused-ring (bicyclic) bond motifs is 2. The maximum atomic E-state index is 14.0. The van der Waals surface area contributed by atoms with Crippen LogP contribution in [0.15, 0.2) is 37.0 Å². The summed E-state index contributed by atoms with van der Waals surface area (Å²) in [6.45, 7) is 3.59. The molecule has 0 spiro atoms. The number of benzene rings is 1. The maximum absolute atomic E-state index is 14.0. The normalized spacial score (nSPS) is 17.9. The predicted molar refractivity (Wildman–Crippen MR) is 147 cm³/mol. The van der Waals surface area contributed by atoms with E-state index in [0.717, 1.165) is 49.6 Å². The van der Waals surface area contributed by atoms with Crippen molar-refractivity contribution >= 4 is 34.0 Å². The van der Waals surface area contributed by atoms with E-state index in [9.17, 15) is 19.2 Å². The van der Waals surface area contributed by atoms with Gasteiger partial charge in [-0.05, 0) is 44.2 Å². The number of carbonyl (C=O) groups is 1. The van der Waals surface area contributed by atoms with Crippen LogP contribution in [-0.2, 0) is 20.1 Å². The van der Waals surface area contributed by atoms with Gasteiger partial charge in [0.15, 0.2) is 22.5 Å². The van der Waals surface area contributed by atoms with Gasteiger partial charge in [-0.3, -0.25) is 23.3 Å². The lowest BCUT2D eigenvalue weighted by atomic mass is 10.1. The van der Waals surface area contributed by atoms with Crippen molar-refractivity contribution in [3.63, 3.8) is 0 Å². The number of oxazole rings is 1. The second-order valence-corrected chi connectivity index (χ2v) is 10.7. The summed E-state index contributed by atoms with van der Waals surface area (Å²) in [5.74, 6) is -0.397. The number of imidazole rings is 1. The molecule has 0 bridgehead atoms. The number of ketones is 1. The zero-order valence-electron chi connectivity index (χ0n) is 22.3. The number of para-hydroxylation sites is 1. The van der Waals surface area contributed by atoms with Crippen molar-refractivity contribution in [2.45, 2.75) is 70.6 Å². The molecule has 0 radical (unpaired) electrons. The van der Waals surface area contributed by atoms with Gasteiger partial charge >= 0.3 is 11.4 Å². The molecule has 6 rings (SSSR count). The van der Waals surface area contributed by atoms with E-state index in [0.29, 0.717) is 35.7 Å². The fraction of sp³-hybridized carbons (Fsp3) is 0.519. The van der Waals surface area contributed by atoms with Crippen molar-refractivity contribution in [1.29, 1.82) is 0 Å². The Hall–Kier alpha value is -3.93. The summed E-state index contributed by atoms with van der Waals surface area (Å²) in [4.78, 5) is 60.4. The van der Waals surface area contributed by atoms with Crippen LogP contribution in [-0.4, -0.2) is 48.2 Å². The summed E-state index contributed by atoms with van der Waals surface area (Å²) < 4.78 is 11.0. The average molecular weight is 536 g/mol. The van der Waals surface area contributed by atoms with Crippen molar-refractivity contribution < 1.29 is 9.21 Å². The maximum Gasteiger partial charge on any atom is 0.419 e. The molecule has 12 heteroatoms. The van der Waals surface area contributed by atoms with Crippen molar-refractivity contribution in [1.82, 2.24) is 23.3 Å². The molecule has 1 saturated carbocycles. The number of carbonyl (C=O) groups excluding carboxylic acids is 1. The lowest BCUT2D eigenvalue weighted by molar-refractivity contribution is 0.0970. The second-order valence-electron chi connectivity index (χ2n) is 10.7. The van der Waals surface area contributed by atoms with E-state index in [4.69, 9.17) is 15.1 Å². The first-order valence-electron chi connectivity index (χ1n) is 13.7. The minimum Gasteiger partial charge on any atom is -0.408 e. The standard InChI is InChI=1S/C27H33N7O5/c1-3-4-13-32-22-23(29-25(32)31-12-6-7-16(28)14-31)34(17-10-11-17)26(37)33(24(22)36)15-19(35)18-8-5-9-20-21(18)30(2)27(38)39-20/h5,8-9,16-17H,3-4,6-7,10-15,28H2,1-2H3. The van der Waals surface area contributed by atoms with Crippen LogP contribution in [0.5, 0.6) is 0 Å². The molecule has 2 N–H and O–H groups in total. The van der Waals surface area contributed by atoms with Crippen molar-refractivity contribution in [2.24, 2.45) is 12.8 Å². The SMILES string of the molecule is CCCCn1c(N2CCCC(N)C2)nc2c1c(=O)n(CC(=O)c1cccc3oc(=O)n(C)c13)c(=O)n2C1CC1. The number of rotatable bonds is 8.